The highest BCUT2D eigenvalue weighted by atomic mass is 16.5. The molecule has 0 N–H and O–H groups in total. The Hall–Kier alpha value is -3.13. The Kier molecular flexibility index (Phi) is 5.89. The van der Waals surface area contributed by atoms with E-state index < -0.39 is 5.97 Å². The van der Waals surface area contributed by atoms with Gasteiger partial charge in [-0.1, -0.05) is 18.2 Å². The number of carbonyl (C=O) groups excluding carboxylic acids is 1. The summed E-state index contributed by atoms with van der Waals surface area (Å²) in [4.78, 5) is 15.7. The normalized spacial score (nSPS) is 10.7. The van der Waals surface area contributed by atoms with Crippen molar-refractivity contribution in [2.75, 3.05) is 6.61 Å². The molecule has 116 valence electrons. The van der Waals surface area contributed by atoms with E-state index >= 15 is 0 Å². The topological polar surface area (TPSA) is 72.2 Å². The lowest BCUT2D eigenvalue weighted by atomic mass is 10.1. The van der Waals surface area contributed by atoms with E-state index in [9.17, 15) is 4.79 Å². The van der Waals surface area contributed by atoms with Crippen molar-refractivity contribution in [1.82, 2.24) is 4.98 Å². The number of hydrogen-bond acceptors (Lipinski definition) is 5. The molecule has 1 aromatic carbocycles. The molecule has 0 radical (unpaired) electrons. The van der Waals surface area contributed by atoms with Crippen molar-refractivity contribution in [1.29, 1.82) is 5.26 Å². The van der Waals surface area contributed by atoms with Crippen LogP contribution in [-0.2, 0) is 16.1 Å². The maximum absolute atomic E-state index is 11.6. The zero-order valence-corrected chi connectivity index (χ0v) is 12.7. The number of esters is 1. The predicted octanol–water partition coefficient (Wildman–Crippen LogP) is 3.13. The molecule has 0 spiro atoms. The fourth-order valence-electron chi connectivity index (χ4n) is 1.81. The molecule has 1 heterocycles. The summed E-state index contributed by atoms with van der Waals surface area (Å²) < 4.78 is 10.4. The van der Waals surface area contributed by atoms with Crippen molar-refractivity contribution < 1.29 is 14.3 Å². The third-order valence-electron chi connectivity index (χ3n) is 2.92. The van der Waals surface area contributed by atoms with Crippen LogP contribution in [0.15, 0.2) is 54.2 Å². The van der Waals surface area contributed by atoms with Gasteiger partial charge < -0.3 is 9.47 Å². The number of aromatic nitrogens is 1. The third-order valence-corrected chi connectivity index (χ3v) is 2.92. The second-order valence-electron chi connectivity index (χ2n) is 4.57. The molecule has 23 heavy (non-hydrogen) atoms. The lowest BCUT2D eigenvalue weighted by Crippen LogP contribution is -2.05. The van der Waals surface area contributed by atoms with Gasteiger partial charge in [0, 0.05) is 6.20 Å². The molecule has 2 aromatic rings. The number of ether oxygens (including phenoxy) is 2. The molecule has 2 rings (SSSR count). The minimum absolute atomic E-state index is 0.0333. The number of pyridine rings is 1. The van der Waals surface area contributed by atoms with Crippen molar-refractivity contribution in [2.24, 2.45) is 0 Å². The first-order valence-corrected chi connectivity index (χ1v) is 7.14. The summed E-state index contributed by atoms with van der Waals surface area (Å²) in [5.41, 5.74) is 1.53. The molecule has 0 unspecified atom stereocenters. The van der Waals surface area contributed by atoms with E-state index in [-0.39, 0.29) is 12.2 Å². The van der Waals surface area contributed by atoms with Crippen molar-refractivity contribution in [3.63, 3.8) is 0 Å². The molecule has 0 amide bonds. The summed E-state index contributed by atoms with van der Waals surface area (Å²) in [6, 6.07) is 14.6. The molecule has 0 aliphatic carbocycles. The Morgan fingerprint density at radius 1 is 1.26 bits per heavy atom. The monoisotopic (exact) mass is 308 g/mol. The van der Waals surface area contributed by atoms with Crippen LogP contribution < -0.4 is 4.74 Å². The molecule has 1 aromatic heterocycles. The Morgan fingerprint density at radius 2 is 2.04 bits per heavy atom. The first-order valence-electron chi connectivity index (χ1n) is 7.14. The fourth-order valence-corrected chi connectivity index (χ4v) is 1.81. The highest BCUT2D eigenvalue weighted by Gasteiger charge is 2.09. The Bertz CT molecular complexity index is 716. The minimum Gasteiger partial charge on any atom is -0.487 e. The average Bonchev–Trinajstić information content (AvgIpc) is 2.60. The molecule has 5 nitrogen and oxygen atoms in total. The summed E-state index contributed by atoms with van der Waals surface area (Å²) >= 11 is 0. The van der Waals surface area contributed by atoms with Gasteiger partial charge in [-0.15, -0.1) is 0 Å². The van der Waals surface area contributed by atoms with E-state index in [4.69, 9.17) is 14.7 Å². The maximum atomic E-state index is 11.6. The standard InChI is InChI=1S/C18H16N2O3/c1-2-22-18(21)15(12-19)11-14-6-8-17(9-7-14)23-13-16-5-3-4-10-20-16/h3-11H,2,13H2,1H3. The van der Waals surface area contributed by atoms with E-state index in [1.54, 1.807) is 37.4 Å². The molecule has 0 saturated heterocycles. The molecule has 0 aliphatic heterocycles. The van der Waals surface area contributed by atoms with E-state index in [0.717, 1.165) is 11.3 Å². The molecular formula is C18H16N2O3. The summed E-state index contributed by atoms with van der Waals surface area (Å²) in [6.45, 7) is 2.31. The van der Waals surface area contributed by atoms with Gasteiger partial charge in [0.1, 0.15) is 24.0 Å². The van der Waals surface area contributed by atoms with Crippen molar-refractivity contribution in [3.8, 4) is 11.8 Å². The van der Waals surface area contributed by atoms with Gasteiger partial charge in [0.05, 0.1) is 12.3 Å². The molecule has 0 aliphatic rings. The second kappa shape index (κ2) is 8.35. The number of carbonyl (C=O) groups is 1. The fraction of sp³-hybridized carbons (Fsp3) is 0.167. The van der Waals surface area contributed by atoms with Gasteiger partial charge in [-0.2, -0.15) is 5.26 Å². The Balaban J connectivity index is 2.01. The number of rotatable bonds is 6. The van der Waals surface area contributed by atoms with Crippen LogP contribution in [0.5, 0.6) is 5.75 Å². The lowest BCUT2D eigenvalue weighted by molar-refractivity contribution is -0.137. The van der Waals surface area contributed by atoms with Crippen LogP contribution in [0.3, 0.4) is 0 Å². The van der Waals surface area contributed by atoms with E-state index in [2.05, 4.69) is 4.98 Å². The van der Waals surface area contributed by atoms with Crippen LogP contribution in [0.4, 0.5) is 0 Å². The Morgan fingerprint density at radius 3 is 2.65 bits per heavy atom. The van der Waals surface area contributed by atoms with Crippen molar-refractivity contribution >= 4 is 12.0 Å². The van der Waals surface area contributed by atoms with Gasteiger partial charge in [0.2, 0.25) is 0 Å². The van der Waals surface area contributed by atoms with Crippen LogP contribution in [0.2, 0.25) is 0 Å². The number of benzene rings is 1. The first kappa shape index (κ1) is 16.2. The highest BCUT2D eigenvalue weighted by Crippen LogP contribution is 2.16. The van der Waals surface area contributed by atoms with E-state index in [1.807, 2.05) is 24.3 Å². The first-order chi connectivity index (χ1) is 11.2. The summed E-state index contributed by atoms with van der Waals surface area (Å²) in [7, 11) is 0. The maximum Gasteiger partial charge on any atom is 0.348 e. The lowest BCUT2D eigenvalue weighted by Gasteiger charge is -2.06. The molecule has 0 bridgehead atoms. The smallest absolute Gasteiger partial charge is 0.348 e. The van der Waals surface area contributed by atoms with Crippen LogP contribution in [0.1, 0.15) is 18.2 Å². The average molecular weight is 308 g/mol. The second-order valence-corrected chi connectivity index (χ2v) is 4.57. The summed E-state index contributed by atoms with van der Waals surface area (Å²) in [5.74, 6) is 0.0629. The van der Waals surface area contributed by atoms with Gasteiger partial charge in [0.15, 0.2) is 0 Å². The molecule has 0 saturated carbocycles. The number of nitriles is 1. The van der Waals surface area contributed by atoms with E-state index in [0.29, 0.717) is 12.4 Å². The van der Waals surface area contributed by atoms with Gasteiger partial charge in [0.25, 0.3) is 0 Å². The van der Waals surface area contributed by atoms with E-state index in [1.165, 1.54) is 6.08 Å². The van der Waals surface area contributed by atoms with Crippen LogP contribution in [-0.4, -0.2) is 17.6 Å². The largest absolute Gasteiger partial charge is 0.487 e. The highest BCUT2D eigenvalue weighted by molar-refractivity contribution is 5.97. The molecular weight excluding hydrogens is 292 g/mol. The van der Waals surface area contributed by atoms with Gasteiger partial charge in [-0.05, 0) is 42.8 Å². The van der Waals surface area contributed by atoms with Crippen LogP contribution in [0.25, 0.3) is 6.08 Å². The molecule has 5 heteroatoms. The quantitative estimate of drug-likeness (QED) is 0.466. The van der Waals surface area contributed by atoms with Crippen LogP contribution >= 0.6 is 0 Å². The number of hydrogen-bond donors (Lipinski definition) is 0. The summed E-state index contributed by atoms with van der Waals surface area (Å²) in [6.07, 6.45) is 3.20. The zero-order valence-electron chi connectivity index (χ0n) is 12.7. The predicted molar refractivity (Wildman–Crippen MR) is 85.2 cm³/mol. The molecule has 0 fully saturated rings. The Labute approximate surface area is 134 Å². The SMILES string of the molecule is CCOC(=O)C(C#N)=Cc1ccc(OCc2ccccn2)cc1. The van der Waals surface area contributed by atoms with Gasteiger partial charge >= 0.3 is 5.97 Å². The molecule has 0 atom stereocenters. The summed E-state index contributed by atoms with van der Waals surface area (Å²) in [5, 5.41) is 9.00. The van der Waals surface area contributed by atoms with Gasteiger partial charge in [-0.3, -0.25) is 4.98 Å². The zero-order chi connectivity index (χ0) is 16.5. The third kappa shape index (κ3) is 4.97. The van der Waals surface area contributed by atoms with Crippen molar-refractivity contribution in [3.05, 3.63) is 65.5 Å². The van der Waals surface area contributed by atoms with Gasteiger partial charge in [-0.25, -0.2) is 4.79 Å². The number of nitrogens with zero attached hydrogens (tertiary/aromatic N) is 2. The minimum atomic E-state index is -0.620. The van der Waals surface area contributed by atoms with Crippen LogP contribution in [0, 0.1) is 11.3 Å². The van der Waals surface area contributed by atoms with Crippen molar-refractivity contribution in [2.45, 2.75) is 13.5 Å².